The fraction of sp³-hybridized carbons (Fsp3) is 0.333. The van der Waals surface area contributed by atoms with Crippen LogP contribution in [-0.2, 0) is 11.3 Å². The smallest absolute Gasteiger partial charge is 0.343 e. The van der Waals surface area contributed by atoms with E-state index in [1.165, 1.54) is 64.2 Å². The van der Waals surface area contributed by atoms with E-state index in [4.69, 9.17) is 18.9 Å². The van der Waals surface area contributed by atoms with Crippen molar-refractivity contribution in [3.8, 4) is 17.2 Å². The molecule has 59 heavy (non-hydrogen) atoms. The lowest BCUT2D eigenvalue weighted by Gasteiger charge is -2.08. The Hall–Kier alpha value is -6.02. The molecule has 0 amide bonds. The molecule has 0 aromatic heterocycles. The molecule has 0 saturated carbocycles. The van der Waals surface area contributed by atoms with Gasteiger partial charge < -0.3 is 18.9 Å². The predicted octanol–water partition coefficient (Wildman–Crippen LogP) is 13.2. The van der Waals surface area contributed by atoms with E-state index in [-0.39, 0.29) is 6.61 Å². The van der Waals surface area contributed by atoms with Crippen LogP contribution in [0, 0.1) is 0 Å². The maximum Gasteiger partial charge on any atom is 0.343 e. The summed E-state index contributed by atoms with van der Waals surface area (Å²) in [6, 6.07) is 36.5. The number of rotatable bonds is 25. The minimum Gasteiger partial charge on any atom is -0.494 e. The van der Waals surface area contributed by atoms with Gasteiger partial charge in [-0.05, 0) is 114 Å². The van der Waals surface area contributed by atoms with Gasteiger partial charge in [0.15, 0.2) is 0 Å². The van der Waals surface area contributed by atoms with E-state index >= 15 is 0 Å². The van der Waals surface area contributed by atoms with Gasteiger partial charge in [-0.25, -0.2) is 9.59 Å². The van der Waals surface area contributed by atoms with Crippen molar-refractivity contribution in [2.45, 2.75) is 97.5 Å². The molecule has 0 saturated heterocycles. The van der Waals surface area contributed by atoms with Crippen molar-refractivity contribution in [1.29, 1.82) is 0 Å². The molecule has 0 N–H and O–H groups in total. The van der Waals surface area contributed by atoms with Gasteiger partial charge in [-0.3, -0.25) is 9.98 Å². The summed E-state index contributed by atoms with van der Waals surface area (Å²) in [6.45, 7) is 6.00. The molecule has 5 aromatic carbocycles. The third-order valence-corrected chi connectivity index (χ3v) is 9.73. The van der Waals surface area contributed by atoms with Crippen LogP contribution >= 0.6 is 0 Å². The minimum atomic E-state index is -0.473. The average Bonchev–Trinajstić information content (AvgIpc) is 3.28. The summed E-state index contributed by atoms with van der Waals surface area (Å²) in [5.74, 6) is 1.18. The number of aliphatic imine (C=N–C) groups is 2. The first kappa shape index (κ1) is 44.1. The third kappa shape index (κ3) is 16.4. The summed E-state index contributed by atoms with van der Waals surface area (Å²) in [6.07, 6.45) is 18.3. The highest BCUT2D eigenvalue weighted by molar-refractivity contribution is 5.93. The fourth-order valence-electron chi connectivity index (χ4n) is 6.16. The molecule has 0 aliphatic carbocycles. The summed E-state index contributed by atoms with van der Waals surface area (Å²) in [5.41, 5.74) is 4.98. The van der Waals surface area contributed by atoms with Crippen LogP contribution in [0.5, 0.6) is 17.2 Å². The normalized spacial score (nSPS) is 11.2. The molecule has 0 spiro atoms. The second kappa shape index (κ2) is 25.4. The van der Waals surface area contributed by atoms with E-state index in [9.17, 15) is 9.59 Å². The van der Waals surface area contributed by atoms with E-state index in [0.29, 0.717) is 16.9 Å². The molecule has 0 bridgehead atoms. The largest absolute Gasteiger partial charge is 0.494 e. The van der Waals surface area contributed by atoms with Gasteiger partial charge in [-0.2, -0.15) is 0 Å². The van der Waals surface area contributed by atoms with Crippen molar-refractivity contribution in [1.82, 2.24) is 0 Å². The Labute approximate surface area is 350 Å². The van der Waals surface area contributed by atoms with Crippen LogP contribution in [0.2, 0.25) is 0 Å². The van der Waals surface area contributed by atoms with Crippen LogP contribution in [0.4, 0.5) is 11.4 Å². The highest BCUT2D eigenvalue weighted by Gasteiger charge is 2.11. The number of benzene rings is 5. The molecule has 0 heterocycles. The number of esters is 2. The standard InChI is InChI=1S/C51H58N2O6/c1-3-5-7-9-11-13-35-56-47-31-25-45(26-32-47)52-37-40-15-21-43(22-16-40)50(54)58-39-42-19-29-49(30-20-42)59-51(55)44-23-17-41(18-24-44)38-53-46-27-33-48(34-28-46)57-36-14-12-10-8-6-4-2/h15-34,37-38H,3-14,35-36,39H2,1-2H3. The molecule has 308 valence electrons. The maximum absolute atomic E-state index is 12.8. The van der Waals surface area contributed by atoms with E-state index in [0.717, 1.165) is 65.6 Å². The summed E-state index contributed by atoms with van der Waals surface area (Å²) in [7, 11) is 0. The van der Waals surface area contributed by atoms with E-state index in [1.807, 2.05) is 72.8 Å². The third-order valence-electron chi connectivity index (χ3n) is 9.73. The molecule has 0 atom stereocenters. The quantitative estimate of drug-likeness (QED) is 0.0253. The molecule has 0 aliphatic heterocycles. The Bertz CT molecular complexity index is 2020. The Kier molecular flexibility index (Phi) is 19.0. The molecular weight excluding hydrogens is 737 g/mol. The summed E-state index contributed by atoms with van der Waals surface area (Å²) >= 11 is 0. The van der Waals surface area contributed by atoms with Crippen LogP contribution < -0.4 is 14.2 Å². The van der Waals surface area contributed by atoms with E-state index in [1.54, 1.807) is 61.0 Å². The van der Waals surface area contributed by atoms with Gasteiger partial charge >= 0.3 is 11.9 Å². The molecule has 0 aliphatic rings. The summed E-state index contributed by atoms with van der Waals surface area (Å²) in [4.78, 5) is 34.6. The van der Waals surface area contributed by atoms with Crippen LogP contribution in [0.1, 0.15) is 128 Å². The summed E-state index contributed by atoms with van der Waals surface area (Å²) in [5, 5.41) is 0. The highest BCUT2D eigenvalue weighted by atomic mass is 16.5. The van der Waals surface area contributed by atoms with Gasteiger partial charge in [-0.15, -0.1) is 0 Å². The lowest BCUT2D eigenvalue weighted by Crippen LogP contribution is -2.08. The zero-order valence-electron chi connectivity index (χ0n) is 34.7. The number of ether oxygens (including phenoxy) is 4. The predicted molar refractivity (Wildman–Crippen MR) is 239 cm³/mol. The first-order valence-electron chi connectivity index (χ1n) is 21.2. The van der Waals surface area contributed by atoms with Crippen LogP contribution in [0.15, 0.2) is 131 Å². The van der Waals surface area contributed by atoms with Gasteiger partial charge in [-0.1, -0.05) is 114 Å². The van der Waals surface area contributed by atoms with Crippen LogP contribution in [-0.4, -0.2) is 37.6 Å². The van der Waals surface area contributed by atoms with Gasteiger partial charge in [0.1, 0.15) is 23.9 Å². The van der Waals surface area contributed by atoms with Crippen molar-refractivity contribution in [3.05, 3.63) is 149 Å². The monoisotopic (exact) mass is 794 g/mol. The lowest BCUT2D eigenvalue weighted by atomic mass is 10.1. The van der Waals surface area contributed by atoms with Gasteiger partial charge in [0.05, 0.1) is 35.7 Å². The molecule has 8 heteroatoms. The van der Waals surface area contributed by atoms with Crippen molar-refractivity contribution in [2.24, 2.45) is 9.98 Å². The number of hydrogen-bond donors (Lipinski definition) is 0. The number of hydrogen-bond acceptors (Lipinski definition) is 8. The van der Waals surface area contributed by atoms with Crippen LogP contribution in [0.25, 0.3) is 0 Å². The maximum atomic E-state index is 12.8. The van der Waals surface area contributed by atoms with Gasteiger partial charge in [0.25, 0.3) is 0 Å². The molecule has 0 radical (unpaired) electrons. The Morgan fingerprint density at radius 3 is 1.32 bits per heavy atom. The number of carbonyl (C=O) groups is 2. The average molecular weight is 795 g/mol. The zero-order valence-corrected chi connectivity index (χ0v) is 34.7. The number of nitrogens with zero attached hydrogens (tertiary/aromatic N) is 2. The van der Waals surface area contributed by atoms with Gasteiger partial charge in [0, 0.05) is 12.4 Å². The van der Waals surface area contributed by atoms with Crippen molar-refractivity contribution < 1.29 is 28.5 Å². The molecule has 0 fully saturated rings. The van der Waals surface area contributed by atoms with Crippen LogP contribution in [0.3, 0.4) is 0 Å². The van der Waals surface area contributed by atoms with Crippen molar-refractivity contribution >= 4 is 35.7 Å². The van der Waals surface area contributed by atoms with Crippen molar-refractivity contribution in [3.63, 3.8) is 0 Å². The molecular formula is C51H58N2O6. The minimum absolute atomic E-state index is 0.0785. The first-order chi connectivity index (χ1) is 29.0. The highest BCUT2D eigenvalue weighted by Crippen LogP contribution is 2.21. The van der Waals surface area contributed by atoms with E-state index < -0.39 is 11.9 Å². The summed E-state index contributed by atoms with van der Waals surface area (Å²) < 4.78 is 22.8. The number of unbranched alkanes of at least 4 members (excludes halogenated alkanes) is 10. The van der Waals surface area contributed by atoms with E-state index in [2.05, 4.69) is 23.8 Å². The lowest BCUT2D eigenvalue weighted by molar-refractivity contribution is 0.0472. The topological polar surface area (TPSA) is 95.8 Å². The Balaban J connectivity index is 0.987. The van der Waals surface area contributed by atoms with Crippen molar-refractivity contribution in [2.75, 3.05) is 13.2 Å². The molecule has 0 unspecified atom stereocenters. The first-order valence-corrected chi connectivity index (χ1v) is 21.2. The Morgan fingerprint density at radius 2 is 0.864 bits per heavy atom. The second-order valence-electron chi connectivity index (χ2n) is 14.6. The molecule has 5 rings (SSSR count). The van der Waals surface area contributed by atoms with Gasteiger partial charge in [0.2, 0.25) is 0 Å². The molecule has 8 nitrogen and oxygen atoms in total. The Morgan fingerprint density at radius 1 is 0.458 bits per heavy atom. The zero-order chi connectivity index (χ0) is 41.3. The molecule has 5 aromatic rings. The fourth-order valence-corrected chi connectivity index (χ4v) is 6.16. The number of carbonyl (C=O) groups excluding carboxylic acids is 2. The SMILES string of the molecule is CCCCCCCCOc1ccc(N=Cc2ccc(C(=O)OCc3ccc(OC(=O)c4ccc(C=Nc5ccc(OCCCCCCCC)cc5)cc4)cc3)cc2)cc1. The second-order valence-corrected chi connectivity index (χ2v) is 14.6.